The highest BCUT2D eigenvalue weighted by atomic mass is 16.3. The topological polar surface area (TPSA) is 93.7 Å². The van der Waals surface area contributed by atoms with Crippen molar-refractivity contribution in [3.8, 4) is 0 Å². The monoisotopic (exact) mass is 348 g/mol. The average Bonchev–Trinajstić information content (AvgIpc) is 2.63. The summed E-state index contributed by atoms with van der Waals surface area (Å²) in [6.45, 7) is 2.43. The Balaban J connectivity index is 1.71. The molecule has 1 aliphatic rings. The molecule has 1 saturated heterocycles. The summed E-state index contributed by atoms with van der Waals surface area (Å²) in [5.41, 5.74) is 1.58. The smallest absolute Gasteiger partial charge is 0.319 e. The second-order valence-electron chi connectivity index (χ2n) is 6.30. The highest BCUT2D eigenvalue weighted by molar-refractivity contribution is 5.89. The van der Waals surface area contributed by atoms with Crippen molar-refractivity contribution in [1.82, 2.24) is 15.5 Å². The fourth-order valence-electron chi connectivity index (χ4n) is 3.03. The van der Waals surface area contributed by atoms with E-state index in [2.05, 4.69) is 20.9 Å². The zero-order chi connectivity index (χ0) is 18.1. The molecular weight excluding hydrogens is 320 g/mol. The van der Waals surface area contributed by atoms with Gasteiger partial charge in [-0.25, -0.2) is 4.79 Å². The third kappa shape index (κ3) is 6.36. The molecule has 0 saturated carbocycles. The average molecular weight is 348 g/mol. The molecule has 7 nitrogen and oxygen atoms in total. The van der Waals surface area contributed by atoms with Crippen LogP contribution in [-0.2, 0) is 11.2 Å². The predicted octanol–water partition coefficient (Wildman–Crippen LogP) is 0.943. The number of carbonyl (C=O) groups excluding carboxylic acids is 2. The molecule has 0 radical (unpaired) electrons. The molecule has 2 rings (SSSR count). The molecule has 4 N–H and O–H groups in total. The first-order chi connectivity index (χ1) is 12.1. The van der Waals surface area contributed by atoms with E-state index in [0.717, 1.165) is 37.9 Å². The van der Waals surface area contributed by atoms with Gasteiger partial charge in [-0.2, -0.15) is 0 Å². The highest BCUT2D eigenvalue weighted by Gasteiger charge is 2.20. The van der Waals surface area contributed by atoms with Gasteiger partial charge < -0.3 is 21.1 Å². The number of anilines is 1. The molecule has 0 bridgehead atoms. The molecule has 0 aromatic heterocycles. The van der Waals surface area contributed by atoms with E-state index >= 15 is 0 Å². The standard InChI is InChI=1S/C18H28N4O3/c1-19-17(24)12-14-5-7-15(8-6-14)21-18(25)20-9-11-22-10-3-2-4-16(22)13-23/h5-8,16,23H,2-4,9-13H2,1H3,(H,19,24)(H2,20,21,25). The van der Waals surface area contributed by atoms with Crippen LogP contribution >= 0.6 is 0 Å². The Morgan fingerprint density at radius 2 is 2.00 bits per heavy atom. The van der Waals surface area contributed by atoms with Crippen LogP contribution < -0.4 is 16.0 Å². The maximum Gasteiger partial charge on any atom is 0.319 e. The molecule has 1 unspecified atom stereocenters. The first-order valence-electron chi connectivity index (χ1n) is 8.81. The molecule has 0 aliphatic carbocycles. The van der Waals surface area contributed by atoms with Crippen LogP contribution in [0.1, 0.15) is 24.8 Å². The zero-order valence-electron chi connectivity index (χ0n) is 14.8. The van der Waals surface area contributed by atoms with E-state index in [-0.39, 0.29) is 24.6 Å². The van der Waals surface area contributed by atoms with E-state index in [1.165, 1.54) is 0 Å². The molecular formula is C18H28N4O3. The number of amides is 3. The largest absolute Gasteiger partial charge is 0.395 e. The lowest BCUT2D eigenvalue weighted by Gasteiger charge is -2.34. The van der Waals surface area contributed by atoms with Crippen molar-refractivity contribution in [3.05, 3.63) is 29.8 Å². The van der Waals surface area contributed by atoms with E-state index < -0.39 is 0 Å². The lowest BCUT2D eigenvalue weighted by Crippen LogP contribution is -2.46. The van der Waals surface area contributed by atoms with E-state index in [9.17, 15) is 14.7 Å². The number of likely N-dealkylation sites (N-methyl/N-ethyl adjacent to an activating group) is 1. The number of benzene rings is 1. The Bertz CT molecular complexity index is 562. The second-order valence-corrected chi connectivity index (χ2v) is 6.30. The Hall–Kier alpha value is -2.12. The van der Waals surface area contributed by atoms with Crippen molar-refractivity contribution in [3.63, 3.8) is 0 Å². The van der Waals surface area contributed by atoms with Crippen molar-refractivity contribution >= 4 is 17.6 Å². The van der Waals surface area contributed by atoms with Crippen molar-refractivity contribution in [1.29, 1.82) is 0 Å². The summed E-state index contributed by atoms with van der Waals surface area (Å²) in [5, 5.41) is 17.6. The quantitative estimate of drug-likeness (QED) is 0.590. The number of piperidine rings is 1. The van der Waals surface area contributed by atoms with Gasteiger partial charge in [0.15, 0.2) is 0 Å². The van der Waals surface area contributed by atoms with Gasteiger partial charge in [0.1, 0.15) is 0 Å². The predicted molar refractivity (Wildman–Crippen MR) is 97.5 cm³/mol. The number of nitrogens with one attached hydrogen (secondary N) is 3. The van der Waals surface area contributed by atoms with E-state index in [1.54, 1.807) is 19.2 Å². The Labute approximate surface area is 148 Å². The van der Waals surface area contributed by atoms with Gasteiger partial charge in [-0.3, -0.25) is 9.69 Å². The number of hydrogen-bond acceptors (Lipinski definition) is 4. The Kier molecular flexibility index (Phi) is 7.69. The van der Waals surface area contributed by atoms with Gasteiger partial charge in [0.05, 0.1) is 13.0 Å². The van der Waals surface area contributed by atoms with Crippen LogP contribution in [0, 0.1) is 0 Å². The van der Waals surface area contributed by atoms with E-state index in [0.29, 0.717) is 18.7 Å². The van der Waals surface area contributed by atoms with Crippen molar-refractivity contribution in [2.75, 3.05) is 38.6 Å². The van der Waals surface area contributed by atoms with Gasteiger partial charge in [-0.05, 0) is 37.1 Å². The zero-order valence-corrected chi connectivity index (χ0v) is 14.8. The third-order valence-electron chi connectivity index (χ3n) is 4.50. The van der Waals surface area contributed by atoms with Gasteiger partial charge in [0.25, 0.3) is 0 Å². The normalized spacial score (nSPS) is 17.8. The van der Waals surface area contributed by atoms with Crippen molar-refractivity contribution in [2.24, 2.45) is 0 Å². The van der Waals surface area contributed by atoms with Gasteiger partial charge in [0.2, 0.25) is 5.91 Å². The molecule has 3 amide bonds. The van der Waals surface area contributed by atoms with Crippen LogP contribution in [-0.4, -0.2) is 61.3 Å². The minimum absolute atomic E-state index is 0.0441. The number of likely N-dealkylation sites (tertiary alicyclic amines) is 1. The van der Waals surface area contributed by atoms with Crippen LogP contribution in [0.3, 0.4) is 0 Å². The van der Waals surface area contributed by atoms with E-state index in [1.807, 2.05) is 12.1 Å². The summed E-state index contributed by atoms with van der Waals surface area (Å²) < 4.78 is 0. The summed E-state index contributed by atoms with van der Waals surface area (Å²) in [6, 6.07) is 7.17. The number of rotatable bonds is 7. The molecule has 7 heteroatoms. The Morgan fingerprint density at radius 3 is 2.68 bits per heavy atom. The molecule has 1 atom stereocenters. The van der Waals surface area contributed by atoms with Crippen molar-refractivity contribution < 1.29 is 14.7 Å². The summed E-state index contributed by atoms with van der Waals surface area (Å²) >= 11 is 0. The number of aliphatic hydroxyl groups excluding tert-OH is 1. The molecule has 138 valence electrons. The fraction of sp³-hybridized carbons (Fsp3) is 0.556. The summed E-state index contributed by atoms with van der Waals surface area (Å²) in [5.74, 6) is -0.0441. The first kappa shape index (κ1) is 19.2. The first-order valence-corrected chi connectivity index (χ1v) is 8.81. The minimum atomic E-state index is -0.253. The minimum Gasteiger partial charge on any atom is -0.395 e. The fourth-order valence-corrected chi connectivity index (χ4v) is 3.03. The molecule has 1 fully saturated rings. The lowest BCUT2D eigenvalue weighted by molar-refractivity contribution is -0.119. The summed E-state index contributed by atoms with van der Waals surface area (Å²) in [6.07, 6.45) is 3.65. The number of aliphatic hydroxyl groups is 1. The number of hydrogen-bond donors (Lipinski definition) is 4. The molecule has 1 aromatic rings. The molecule has 25 heavy (non-hydrogen) atoms. The van der Waals surface area contributed by atoms with E-state index in [4.69, 9.17) is 0 Å². The van der Waals surface area contributed by atoms with Crippen LogP contribution in [0.15, 0.2) is 24.3 Å². The van der Waals surface area contributed by atoms with Crippen LogP contribution in [0.5, 0.6) is 0 Å². The van der Waals surface area contributed by atoms with Gasteiger partial charge in [0, 0.05) is 31.9 Å². The summed E-state index contributed by atoms with van der Waals surface area (Å²) in [4.78, 5) is 25.5. The van der Waals surface area contributed by atoms with Gasteiger partial charge in [-0.1, -0.05) is 18.6 Å². The number of urea groups is 1. The lowest BCUT2D eigenvalue weighted by atomic mass is 10.0. The van der Waals surface area contributed by atoms with Gasteiger partial charge >= 0.3 is 6.03 Å². The molecule has 1 aliphatic heterocycles. The van der Waals surface area contributed by atoms with Crippen molar-refractivity contribution in [2.45, 2.75) is 31.7 Å². The number of nitrogens with zero attached hydrogens (tertiary/aromatic N) is 1. The van der Waals surface area contributed by atoms with Crippen LogP contribution in [0.2, 0.25) is 0 Å². The Morgan fingerprint density at radius 1 is 1.24 bits per heavy atom. The summed E-state index contributed by atoms with van der Waals surface area (Å²) in [7, 11) is 1.61. The molecule has 1 heterocycles. The maximum absolute atomic E-state index is 12.0. The van der Waals surface area contributed by atoms with Crippen LogP contribution in [0.25, 0.3) is 0 Å². The van der Waals surface area contributed by atoms with Gasteiger partial charge in [-0.15, -0.1) is 0 Å². The number of carbonyl (C=O) groups is 2. The third-order valence-corrected chi connectivity index (χ3v) is 4.50. The SMILES string of the molecule is CNC(=O)Cc1ccc(NC(=O)NCCN2CCCCC2CO)cc1. The molecule has 0 spiro atoms. The highest BCUT2D eigenvalue weighted by Crippen LogP contribution is 2.15. The van der Waals surface area contributed by atoms with Crippen LogP contribution in [0.4, 0.5) is 10.5 Å². The molecule has 1 aromatic carbocycles. The second kappa shape index (κ2) is 10.0. The maximum atomic E-state index is 12.0.